The Morgan fingerprint density at radius 1 is 1.67 bits per heavy atom. The average Bonchev–Trinajstić information content (AvgIpc) is 2.28. The molecular weight excluding hydrogens is 252 g/mol. The van der Waals surface area contributed by atoms with Crippen LogP contribution in [0.25, 0.3) is 0 Å². The van der Waals surface area contributed by atoms with E-state index in [9.17, 15) is 4.79 Å². The summed E-state index contributed by atoms with van der Waals surface area (Å²) in [6.07, 6.45) is 1.60. The van der Waals surface area contributed by atoms with Crippen LogP contribution in [0.15, 0.2) is 30.5 Å². The predicted octanol–water partition coefficient (Wildman–Crippen LogP) is 2.84. The molecule has 0 amide bonds. The number of pyridine rings is 1. The summed E-state index contributed by atoms with van der Waals surface area (Å²) >= 11 is 6.04. The Hall–Kier alpha value is -1.55. The second-order valence-electron chi connectivity index (χ2n) is 4.39. The Bertz CT molecular complexity index is 448. The molecule has 0 saturated heterocycles. The second kappa shape index (κ2) is 6.40. The van der Waals surface area contributed by atoms with Crippen LogP contribution in [0.5, 0.6) is 0 Å². The Balaban J connectivity index is 2.95. The highest BCUT2D eigenvalue weighted by Crippen LogP contribution is 2.24. The first kappa shape index (κ1) is 14.5. The van der Waals surface area contributed by atoms with Gasteiger partial charge in [-0.2, -0.15) is 0 Å². The molecule has 1 atom stereocenters. The molecule has 0 saturated carbocycles. The quantitative estimate of drug-likeness (QED) is 0.637. The van der Waals surface area contributed by atoms with Crippen molar-refractivity contribution in [1.82, 2.24) is 4.98 Å². The van der Waals surface area contributed by atoms with E-state index in [1.807, 2.05) is 17.9 Å². The first-order valence-corrected chi connectivity index (χ1v) is 6.02. The third kappa shape index (κ3) is 4.04. The van der Waals surface area contributed by atoms with Crippen LogP contribution < -0.4 is 4.90 Å². The summed E-state index contributed by atoms with van der Waals surface area (Å²) in [7, 11) is 0. The van der Waals surface area contributed by atoms with E-state index in [0.717, 1.165) is 11.3 Å². The molecule has 4 nitrogen and oxygen atoms in total. The van der Waals surface area contributed by atoms with Crippen molar-refractivity contribution >= 4 is 23.3 Å². The maximum atomic E-state index is 10.9. The van der Waals surface area contributed by atoms with Gasteiger partial charge in [-0.05, 0) is 19.1 Å². The molecule has 0 bridgehead atoms. The van der Waals surface area contributed by atoms with Gasteiger partial charge >= 0.3 is 5.97 Å². The summed E-state index contributed by atoms with van der Waals surface area (Å²) in [4.78, 5) is 16.8. The number of carboxylic acids is 1. The molecular formula is C13H17ClN2O2. The Labute approximate surface area is 112 Å². The predicted molar refractivity (Wildman–Crippen MR) is 73.1 cm³/mol. The van der Waals surface area contributed by atoms with Gasteiger partial charge in [0.05, 0.1) is 11.6 Å². The fourth-order valence-corrected chi connectivity index (χ4v) is 1.83. The van der Waals surface area contributed by atoms with Crippen molar-refractivity contribution in [2.75, 3.05) is 18.0 Å². The van der Waals surface area contributed by atoms with E-state index in [1.54, 1.807) is 19.2 Å². The van der Waals surface area contributed by atoms with E-state index < -0.39 is 11.9 Å². The van der Waals surface area contributed by atoms with Crippen molar-refractivity contribution in [3.05, 3.63) is 35.6 Å². The van der Waals surface area contributed by atoms with E-state index in [2.05, 4.69) is 11.6 Å². The molecule has 1 rings (SSSR count). The fourth-order valence-electron chi connectivity index (χ4n) is 1.60. The highest BCUT2D eigenvalue weighted by molar-refractivity contribution is 6.32. The molecule has 1 unspecified atom stereocenters. The van der Waals surface area contributed by atoms with E-state index >= 15 is 0 Å². The number of hydrogen-bond acceptors (Lipinski definition) is 3. The van der Waals surface area contributed by atoms with Gasteiger partial charge in [-0.15, -0.1) is 0 Å². The molecule has 0 spiro atoms. The van der Waals surface area contributed by atoms with Crippen molar-refractivity contribution in [2.24, 2.45) is 5.92 Å². The zero-order valence-corrected chi connectivity index (χ0v) is 11.3. The number of anilines is 1. The van der Waals surface area contributed by atoms with Crippen LogP contribution in [0.1, 0.15) is 13.8 Å². The summed E-state index contributed by atoms with van der Waals surface area (Å²) in [6, 6.07) is 3.60. The van der Waals surface area contributed by atoms with Crippen molar-refractivity contribution in [3.63, 3.8) is 0 Å². The topological polar surface area (TPSA) is 53.4 Å². The maximum absolute atomic E-state index is 10.9. The fraction of sp³-hybridized carbons (Fsp3) is 0.385. The lowest BCUT2D eigenvalue weighted by Gasteiger charge is -2.27. The van der Waals surface area contributed by atoms with E-state index in [4.69, 9.17) is 16.7 Å². The van der Waals surface area contributed by atoms with E-state index in [0.29, 0.717) is 18.2 Å². The smallest absolute Gasteiger partial charge is 0.308 e. The lowest BCUT2D eigenvalue weighted by molar-refractivity contribution is -0.140. The van der Waals surface area contributed by atoms with Crippen LogP contribution in [0.2, 0.25) is 5.15 Å². The molecule has 0 aliphatic carbocycles. The summed E-state index contributed by atoms with van der Waals surface area (Å²) in [5.74, 6) is -1.32. The average molecular weight is 269 g/mol. The number of rotatable bonds is 6. The van der Waals surface area contributed by atoms with Crippen LogP contribution >= 0.6 is 11.6 Å². The SMILES string of the molecule is C=C(C)CN(CC(C)C(=O)O)c1cccnc1Cl. The first-order chi connectivity index (χ1) is 8.41. The number of aromatic nitrogens is 1. The Kier molecular flexibility index (Phi) is 5.16. The van der Waals surface area contributed by atoms with Gasteiger partial charge in [0.1, 0.15) is 0 Å². The van der Waals surface area contributed by atoms with Crippen LogP contribution in [0.3, 0.4) is 0 Å². The van der Waals surface area contributed by atoms with Gasteiger partial charge in [0.25, 0.3) is 0 Å². The van der Waals surface area contributed by atoms with E-state index in [1.165, 1.54) is 0 Å². The lowest BCUT2D eigenvalue weighted by Crippen LogP contribution is -2.33. The minimum atomic E-state index is -0.832. The summed E-state index contributed by atoms with van der Waals surface area (Å²) in [5, 5.41) is 9.36. The number of nitrogens with zero attached hydrogens (tertiary/aromatic N) is 2. The van der Waals surface area contributed by atoms with Crippen molar-refractivity contribution in [2.45, 2.75) is 13.8 Å². The number of halogens is 1. The number of aliphatic carboxylic acids is 1. The van der Waals surface area contributed by atoms with Crippen molar-refractivity contribution in [3.8, 4) is 0 Å². The van der Waals surface area contributed by atoms with Gasteiger partial charge in [-0.1, -0.05) is 30.7 Å². The monoisotopic (exact) mass is 268 g/mol. The zero-order valence-electron chi connectivity index (χ0n) is 10.6. The Morgan fingerprint density at radius 3 is 2.83 bits per heavy atom. The molecule has 1 aromatic rings. The number of carbonyl (C=O) groups is 1. The third-order valence-corrected chi connectivity index (χ3v) is 2.75. The normalized spacial score (nSPS) is 11.9. The van der Waals surface area contributed by atoms with Crippen LogP contribution in [-0.4, -0.2) is 29.1 Å². The molecule has 1 N–H and O–H groups in total. The summed E-state index contributed by atoms with van der Waals surface area (Å²) in [6.45, 7) is 8.33. The number of hydrogen-bond donors (Lipinski definition) is 1. The minimum Gasteiger partial charge on any atom is -0.481 e. The minimum absolute atomic E-state index is 0.369. The van der Waals surface area contributed by atoms with Crippen molar-refractivity contribution < 1.29 is 9.90 Å². The van der Waals surface area contributed by atoms with Crippen LogP contribution in [0, 0.1) is 5.92 Å². The van der Waals surface area contributed by atoms with Crippen LogP contribution in [0.4, 0.5) is 5.69 Å². The van der Waals surface area contributed by atoms with Gasteiger partial charge in [-0.3, -0.25) is 4.79 Å². The van der Waals surface area contributed by atoms with E-state index in [-0.39, 0.29) is 0 Å². The van der Waals surface area contributed by atoms with Gasteiger partial charge in [0.2, 0.25) is 0 Å². The van der Waals surface area contributed by atoms with Crippen LogP contribution in [-0.2, 0) is 4.79 Å². The van der Waals surface area contributed by atoms with Crippen molar-refractivity contribution in [1.29, 1.82) is 0 Å². The molecule has 5 heteroatoms. The van der Waals surface area contributed by atoms with Gasteiger partial charge < -0.3 is 10.0 Å². The first-order valence-electron chi connectivity index (χ1n) is 5.64. The lowest BCUT2D eigenvalue weighted by atomic mass is 10.1. The summed E-state index contributed by atoms with van der Waals surface area (Å²) < 4.78 is 0. The third-order valence-electron chi connectivity index (χ3n) is 2.46. The number of carboxylic acid groups (broad SMARTS) is 1. The Morgan fingerprint density at radius 2 is 2.33 bits per heavy atom. The maximum Gasteiger partial charge on any atom is 0.308 e. The molecule has 18 heavy (non-hydrogen) atoms. The molecule has 98 valence electrons. The molecule has 1 heterocycles. The van der Waals surface area contributed by atoms with Gasteiger partial charge in [0, 0.05) is 19.3 Å². The highest BCUT2D eigenvalue weighted by Gasteiger charge is 2.18. The second-order valence-corrected chi connectivity index (χ2v) is 4.75. The molecule has 0 radical (unpaired) electrons. The van der Waals surface area contributed by atoms with Gasteiger partial charge in [-0.25, -0.2) is 4.98 Å². The largest absolute Gasteiger partial charge is 0.481 e. The molecule has 1 aromatic heterocycles. The van der Waals surface area contributed by atoms with Gasteiger partial charge in [0.15, 0.2) is 5.15 Å². The standard InChI is InChI=1S/C13H17ClN2O2/c1-9(2)7-16(8-10(3)13(17)18)11-5-4-6-15-12(11)14/h4-6,10H,1,7-8H2,2-3H3,(H,17,18). The molecule has 0 fully saturated rings. The highest BCUT2D eigenvalue weighted by atomic mass is 35.5. The molecule has 0 aliphatic rings. The zero-order chi connectivity index (χ0) is 13.7. The molecule has 0 aliphatic heterocycles. The molecule has 0 aromatic carbocycles. The summed E-state index contributed by atoms with van der Waals surface area (Å²) in [5.41, 5.74) is 1.67.